The van der Waals surface area contributed by atoms with Crippen molar-refractivity contribution in [1.82, 2.24) is 9.88 Å². The molecule has 2 aromatic rings. The van der Waals surface area contributed by atoms with Gasteiger partial charge in [-0.2, -0.15) is 0 Å². The van der Waals surface area contributed by atoms with Gasteiger partial charge in [-0.15, -0.1) is 0 Å². The number of hydrogen-bond donors (Lipinski definition) is 2. The lowest BCUT2D eigenvalue weighted by molar-refractivity contribution is -0.0670. The first-order chi connectivity index (χ1) is 12.5. The van der Waals surface area contributed by atoms with Crippen LogP contribution in [0.15, 0.2) is 18.3 Å². The first-order valence-electron chi connectivity index (χ1n) is 9.29. The largest absolute Gasteiger partial charge is 0.508 e. The third-order valence-corrected chi connectivity index (χ3v) is 5.02. The molecule has 142 valence electrons. The van der Waals surface area contributed by atoms with Crippen molar-refractivity contribution in [1.29, 1.82) is 0 Å². The molecule has 0 radical (unpaired) electrons. The number of carbonyl (C=O) groups is 1. The van der Waals surface area contributed by atoms with Gasteiger partial charge in [0, 0.05) is 36.7 Å². The number of nitrogens with one attached hydrogen (secondary N) is 1. The number of aromatic amines is 1. The van der Waals surface area contributed by atoms with Crippen LogP contribution in [0.1, 0.15) is 30.0 Å². The molecule has 1 fully saturated rings. The van der Waals surface area contributed by atoms with E-state index in [1.807, 2.05) is 0 Å². The molecule has 2 heterocycles. The minimum Gasteiger partial charge on any atom is -0.435 e. The SMILES string of the molecule is CCOC(=O)OC1CN(CCc2c[nH]c3cc(C)cc(C)c23)CCC1O. The quantitative estimate of drug-likeness (QED) is 0.802. The Hall–Kier alpha value is -2.05. The maximum absolute atomic E-state index is 11.5. The van der Waals surface area contributed by atoms with Crippen LogP contribution >= 0.6 is 0 Å². The fraction of sp³-hybridized carbons (Fsp3) is 0.550. The number of fused-ring (bicyclic) bond motifs is 1. The Labute approximate surface area is 154 Å². The van der Waals surface area contributed by atoms with Gasteiger partial charge in [0.1, 0.15) is 6.10 Å². The number of H-pyrrole nitrogens is 1. The standard InChI is InChI=1S/C20H28N2O4/c1-4-25-20(24)26-18-12-22(8-6-17(18)23)7-5-15-11-21-16-10-13(2)9-14(3)19(15)16/h9-11,17-18,21,23H,4-8,12H2,1-3H3. The Morgan fingerprint density at radius 3 is 2.96 bits per heavy atom. The molecule has 0 bridgehead atoms. The van der Waals surface area contributed by atoms with Gasteiger partial charge in [-0.25, -0.2) is 4.79 Å². The highest BCUT2D eigenvalue weighted by molar-refractivity contribution is 5.87. The lowest BCUT2D eigenvalue weighted by Gasteiger charge is -2.35. The number of rotatable bonds is 5. The molecule has 3 rings (SSSR count). The normalized spacial score (nSPS) is 21.1. The summed E-state index contributed by atoms with van der Waals surface area (Å²) in [6.45, 7) is 8.43. The van der Waals surface area contributed by atoms with Gasteiger partial charge in [0.05, 0.1) is 12.7 Å². The van der Waals surface area contributed by atoms with Crippen LogP contribution in [0.3, 0.4) is 0 Å². The summed E-state index contributed by atoms with van der Waals surface area (Å²) in [4.78, 5) is 17.1. The average Bonchev–Trinajstić information content (AvgIpc) is 2.99. The summed E-state index contributed by atoms with van der Waals surface area (Å²) in [5.74, 6) is 0. The number of benzene rings is 1. The first kappa shape index (κ1) is 18.7. The van der Waals surface area contributed by atoms with Crippen molar-refractivity contribution < 1.29 is 19.4 Å². The second-order valence-electron chi connectivity index (χ2n) is 7.06. The Bertz CT molecular complexity index is 771. The van der Waals surface area contributed by atoms with Crippen molar-refractivity contribution in [2.45, 2.75) is 45.8 Å². The number of hydrogen-bond acceptors (Lipinski definition) is 5. The predicted octanol–water partition coefficient (Wildman–Crippen LogP) is 2.94. The van der Waals surface area contributed by atoms with E-state index in [4.69, 9.17) is 9.47 Å². The van der Waals surface area contributed by atoms with Crippen molar-refractivity contribution in [3.63, 3.8) is 0 Å². The van der Waals surface area contributed by atoms with Crippen LogP contribution in [0.5, 0.6) is 0 Å². The van der Waals surface area contributed by atoms with Gasteiger partial charge in [-0.3, -0.25) is 4.90 Å². The highest BCUT2D eigenvalue weighted by Gasteiger charge is 2.31. The molecule has 0 amide bonds. The van der Waals surface area contributed by atoms with Crippen molar-refractivity contribution >= 4 is 17.1 Å². The molecule has 1 aliphatic rings. The fourth-order valence-electron chi connectivity index (χ4n) is 3.78. The summed E-state index contributed by atoms with van der Waals surface area (Å²) in [6.07, 6.45) is 1.72. The summed E-state index contributed by atoms with van der Waals surface area (Å²) in [5, 5.41) is 11.4. The van der Waals surface area contributed by atoms with Crippen LogP contribution in [0, 0.1) is 13.8 Å². The molecule has 1 aromatic carbocycles. The summed E-state index contributed by atoms with van der Waals surface area (Å²) in [5.41, 5.74) is 5.02. The van der Waals surface area contributed by atoms with Gasteiger partial charge in [0.2, 0.25) is 0 Å². The number of ether oxygens (including phenoxy) is 2. The summed E-state index contributed by atoms with van der Waals surface area (Å²) in [7, 11) is 0. The highest BCUT2D eigenvalue weighted by atomic mass is 16.7. The first-order valence-corrected chi connectivity index (χ1v) is 9.29. The van der Waals surface area contributed by atoms with Gasteiger partial charge >= 0.3 is 6.16 Å². The molecule has 6 nitrogen and oxygen atoms in total. The topological polar surface area (TPSA) is 74.8 Å². The lowest BCUT2D eigenvalue weighted by Crippen LogP contribution is -2.49. The molecule has 1 aromatic heterocycles. The summed E-state index contributed by atoms with van der Waals surface area (Å²) in [6, 6.07) is 4.38. The number of carbonyl (C=O) groups excluding carboxylic acids is 1. The van der Waals surface area contributed by atoms with E-state index in [2.05, 4.69) is 42.1 Å². The number of aryl methyl sites for hydroxylation is 2. The number of aromatic nitrogens is 1. The number of aliphatic hydroxyl groups is 1. The minimum atomic E-state index is -0.707. The van der Waals surface area contributed by atoms with Crippen LogP contribution in [0.2, 0.25) is 0 Å². The van der Waals surface area contributed by atoms with Crippen molar-refractivity contribution in [3.8, 4) is 0 Å². The van der Waals surface area contributed by atoms with Gasteiger partial charge in [-0.1, -0.05) is 6.07 Å². The lowest BCUT2D eigenvalue weighted by atomic mass is 10.0. The van der Waals surface area contributed by atoms with Crippen LogP contribution in [-0.2, 0) is 15.9 Å². The Morgan fingerprint density at radius 2 is 2.19 bits per heavy atom. The Balaban J connectivity index is 1.62. The molecule has 0 spiro atoms. The maximum atomic E-state index is 11.5. The molecule has 1 aliphatic heterocycles. The fourth-order valence-corrected chi connectivity index (χ4v) is 3.78. The van der Waals surface area contributed by atoms with E-state index in [0.29, 0.717) is 13.0 Å². The number of likely N-dealkylation sites (tertiary alicyclic amines) is 1. The maximum Gasteiger partial charge on any atom is 0.508 e. The monoisotopic (exact) mass is 360 g/mol. The smallest absolute Gasteiger partial charge is 0.435 e. The van der Waals surface area contributed by atoms with E-state index in [9.17, 15) is 9.90 Å². The molecule has 2 atom stereocenters. The summed E-state index contributed by atoms with van der Waals surface area (Å²) >= 11 is 0. The highest BCUT2D eigenvalue weighted by Crippen LogP contribution is 2.25. The van der Waals surface area contributed by atoms with Crippen LogP contribution in [0.25, 0.3) is 10.9 Å². The summed E-state index contributed by atoms with van der Waals surface area (Å²) < 4.78 is 10.1. The van der Waals surface area contributed by atoms with Gasteiger partial charge < -0.3 is 19.6 Å². The van der Waals surface area contributed by atoms with E-state index < -0.39 is 18.4 Å². The molecular formula is C20H28N2O4. The van der Waals surface area contributed by atoms with Crippen molar-refractivity contribution in [2.75, 3.05) is 26.2 Å². The van der Waals surface area contributed by atoms with Crippen LogP contribution in [0.4, 0.5) is 4.79 Å². The zero-order chi connectivity index (χ0) is 18.7. The van der Waals surface area contributed by atoms with Crippen molar-refractivity contribution in [3.05, 3.63) is 35.0 Å². The van der Waals surface area contributed by atoms with Crippen molar-refractivity contribution in [2.24, 2.45) is 0 Å². The van der Waals surface area contributed by atoms with E-state index >= 15 is 0 Å². The van der Waals surface area contributed by atoms with Gasteiger partial charge in [-0.05, 0) is 56.4 Å². The minimum absolute atomic E-state index is 0.269. The van der Waals surface area contributed by atoms with E-state index in [1.165, 1.54) is 27.6 Å². The molecule has 2 unspecified atom stereocenters. The number of nitrogens with zero attached hydrogens (tertiary/aromatic N) is 1. The zero-order valence-corrected chi connectivity index (χ0v) is 15.7. The average molecular weight is 360 g/mol. The Morgan fingerprint density at radius 1 is 1.38 bits per heavy atom. The van der Waals surface area contributed by atoms with E-state index in [1.54, 1.807) is 6.92 Å². The number of piperidine rings is 1. The van der Waals surface area contributed by atoms with Gasteiger partial charge in [0.15, 0.2) is 0 Å². The van der Waals surface area contributed by atoms with E-state index in [0.717, 1.165) is 19.5 Å². The molecule has 0 saturated carbocycles. The second kappa shape index (κ2) is 8.10. The molecule has 26 heavy (non-hydrogen) atoms. The molecule has 0 aliphatic carbocycles. The van der Waals surface area contributed by atoms with Crippen LogP contribution < -0.4 is 0 Å². The third-order valence-electron chi connectivity index (χ3n) is 5.02. The Kier molecular flexibility index (Phi) is 5.84. The molecule has 1 saturated heterocycles. The number of aliphatic hydroxyl groups excluding tert-OH is 1. The zero-order valence-electron chi connectivity index (χ0n) is 15.7. The van der Waals surface area contributed by atoms with Crippen LogP contribution in [-0.4, -0.2) is 59.6 Å². The molecular weight excluding hydrogens is 332 g/mol. The van der Waals surface area contributed by atoms with E-state index in [-0.39, 0.29) is 6.61 Å². The predicted molar refractivity (Wildman–Crippen MR) is 100 cm³/mol. The molecule has 2 N–H and O–H groups in total. The third kappa shape index (κ3) is 4.19. The second-order valence-corrected chi connectivity index (χ2v) is 7.06. The molecule has 6 heteroatoms. The van der Waals surface area contributed by atoms with Gasteiger partial charge in [0.25, 0.3) is 0 Å².